The van der Waals surface area contributed by atoms with Gasteiger partial charge in [0.1, 0.15) is 0 Å². The number of rotatable bonds is 1. The van der Waals surface area contributed by atoms with Gasteiger partial charge in [-0.25, -0.2) is 0 Å². The molecule has 0 bridgehead atoms. The Hall–Kier alpha value is -1.02. The number of fused-ring (bicyclic) bond motifs is 1. The van der Waals surface area contributed by atoms with Crippen LogP contribution in [0.2, 0.25) is 0 Å². The van der Waals surface area contributed by atoms with Crippen molar-refractivity contribution in [3.05, 3.63) is 42.5 Å². The number of benzene rings is 1. The molecule has 0 saturated heterocycles. The number of carbonyl (C=O) groups excluding carboxylic acids is 1. The molecule has 13 heavy (non-hydrogen) atoms. The van der Waals surface area contributed by atoms with Gasteiger partial charge in [0.15, 0.2) is 5.78 Å². The molecule has 1 unspecified atom stereocenters. The van der Waals surface area contributed by atoms with Gasteiger partial charge in [-0.2, -0.15) is 0 Å². The fraction of sp³-hybridized carbons (Fsp3) is 0.182. The van der Waals surface area contributed by atoms with Gasteiger partial charge < -0.3 is 0 Å². The minimum Gasteiger partial charge on any atom is -0.294 e. The fourth-order valence-corrected chi connectivity index (χ4v) is 2.55. The molecule has 0 aromatic heterocycles. The van der Waals surface area contributed by atoms with E-state index >= 15 is 0 Å². The van der Waals surface area contributed by atoms with Crippen molar-refractivity contribution >= 4 is 17.5 Å². The van der Waals surface area contributed by atoms with Crippen molar-refractivity contribution in [2.75, 3.05) is 0 Å². The van der Waals surface area contributed by atoms with E-state index in [1.54, 1.807) is 11.8 Å². The highest BCUT2D eigenvalue weighted by Gasteiger charge is 2.22. The summed E-state index contributed by atoms with van der Waals surface area (Å²) in [6.07, 6.45) is 2.43. The lowest BCUT2D eigenvalue weighted by atomic mass is 10.1. The Kier molecular flexibility index (Phi) is 2.23. The zero-order valence-electron chi connectivity index (χ0n) is 7.19. The number of carbonyl (C=O) groups is 1. The molecule has 2 heteroatoms. The van der Waals surface area contributed by atoms with Crippen molar-refractivity contribution in [1.82, 2.24) is 0 Å². The highest BCUT2D eigenvalue weighted by atomic mass is 32.2. The van der Waals surface area contributed by atoms with Gasteiger partial charge in [-0.3, -0.25) is 4.79 Å². The molecule has 1 aromatic rings. The topological polar surface area (TPSA) is 17.1 Å². The smallest absolute Gasteiger partial charge is 0.165 e. The molecule has 1 atom stereocenters. The Balaban J connectivity index is 2.42. The summed E-state index contributed by atoms with van der Waals surface area (Å²) in [4.78, 5) is 12.7. The SMILES string of the molecule is C=CC1CC(=O)c2ccccc2S1. The average Bonchev–Trinajstić information content (AvgIpc) is 2.18. The number of Topliss-reactive ketones (excluding diaryl/α,β-unsaturated/α-hetero) is 1. The summed E-state index contributed by atoms with van der Waals surface area (Å²) in [5, 5.41) is 0.252. The summed E-state index contributed by atoms with van der Waals surface area (Å²) in [5.74, 6) is 0.235. The van der Waals surface area contributed by atoms with Crippen LogP contribution < -0.4 is 0 Å². The van der Waals surface area contributed by atoms with E-state index in [0.29, 0.717) is 6.42 Å². The van der Waals surface area contributed by atoms with E-state index in [4.69, 9.17) is 0 Å². The maximum absolute atomic E-state index is 11.6. The number of ketones is 1. The largest absolute Gasteiger partial charge is 0.294 e. The Bertz CT molecular complexity index is 357. The van der Waals surface area contributed by atoms with Gasteiger partial charge in [-0.1, -0.05) is 24.3 Å². The molecular formula is C11H10OS. The van der Waals surface area contributed by atoms with Crippen molar-refractivity contribution < 1.29 is 4.79 Å². The van der Waals surface area contributed by atoms with Crippen molar-refractivity contribution in [2.24, 2.45) is 0 Å². The van der Waals surface area contributed by atoms with Crippen LogP contribution in [0.1, 0.15) is 16.8 Å². The standard InChI is InChI=1S/C11H10OS/c1-2-8-7-10(12)9-5-3-4-6-11(9)13-8/h2-6,8H,1,7H2. The minimum absolute atomic E-state index is 0.235. The third kappa shape index (κ3) is 1.54. The van der Waals surface area contributed by atoms with Gasteiger partial charge in [0, 0.05) is 22.1 Å². The van der Waals surface area contributed by atoms with Crippen molar-refractivity contribution in [1.29, 1.82) is 0 Å². The first kappa shape index (κ1) is 8.57. The van der Waals surface area contributed by atoms with E-state index < -0.39 is 0 Å². The van der Waals surface area contributed by atoms with Gasteiger partial charge in [-0.15, -0.1) is 18.3 Å². The molecule has 1 aliphatic heterocycles. The maximum atomic E-state index is 11.6. The molecule has 1 heterocycles. The van der Waals surface area contributed by atoms with Crippen LogP contribution in [0.5, 0.6) is 0 Å². The summed E-state index contributed by atoms with van der Waals surface area (Å²) in [6, 6.07) is 7.76. The zero-order valence-corrected chi connectivity index (χ0v) is 8.01. The molecule has 2 rings (SSSR count). The Morgan fingerprint density at radius 3 is 3.00 bits per heavy atom. The second kappa shape index (κ2) is 3.38. The first-order valence-electron chi connectivity index (χ1n) is 4.22. The maximum Gasteiger partial charge on any atom is 0.165 e. The molecule has 0 aliphatic carbocycles. The van der Waals surface area contributed by atoms with E-state index in [1.165, 1.54) is 0 Å². The normalized spacial score (nSPS) is 20.9. The van der Waals surface area contributed by atoms with Crippen molar-refractivity contribution in [3.8, 4) is 0 Å². The van der Waals surface area contributed by atoms with Crippen LogP contribution in [0.25, 0.3) is 0 Å². The lowest BCUT2D eigenvalue weighted by molar-refractivity contribution is 0.0980. The number of hydrogen-bond acceptors (Lipinski definition) is 2. The Morgan fingerprint density at radius 1 is 1.46 bits per heavy atom. The molecule has 0 saturated carbocycles. The van der Waals surface area contributed by atoms with Crippen molar-refractivity contribution in [3.63, 3.8) is 0 Å². The Labute approximate surface area is 81.8 Å². The van der Waals surface area contributed by atoms with E-state index in [-0.39, 0.29) is 11.0 Å². The summed E-state index contributed by atoms with van der Waals surface area (Å²) in [7, 11) is 0. The van der Waals surface area contributed by atoms with Gasteiger partial charge in [0.2, 0.25) is 0 Å². The molecule has 0 amide bonds. The van der Waals surface area contributed by atoms with Crippen LogP contribution in [-0.4, -0.2) is 11.0 Å². The van der Waals surface area contributed by atoms with E-state index in [9.17, 15) is 4.79 Å². The fourth-order valence-electron chi connectivity index (χ4n) is 1.43. The second-order valence-corrected chi connectivity index (χ2v) is 4.30. The van der Waals surface area contributed by atoms with E-state index in [0.717, 1.165) is 10.5 Å². The zero-order chi connectivity index (χ0) is 9.26. The van der Waals surface area contributed by atoms with Crippen LogP contribution >= 0.6 is 11.8 Å². The molecule has 0 spiro atoms. The van der Waals surface area contributed by atoms with Crippen LogP contribution in [0, 0.1) is 0 Å². The summed E-state index contributed by atoms with van der Waals surface area (Å²) >= 11 is 1.72. The monoisotopic (exact) mass is 190 g/mol. The molecule has 66 valence electrons. The van der Waals surface area contributed by atoms with Gasteiger partial charge in [0.25, 0.3) is 0 Å². The van der Waals surface area contributed by atoms with Crippen LogP contribution in [0.15, 0.2) is 41.8 Å². The molecule has 0 radical (unpaired) electrons. The third-order valence-electron chi connectivity index (χ3n) is 2.12. The summed E-state index contributed by atoms with van der Waals surface area (Å²) in [5.41, 5.74) is 0.866. The lowest BCUT2D eigenvalue weighted by Gasteiger charge is -2.19. The lowest BCUT2D eigenvalue weighted by Crippen LogP contribution is -2.14. The quantitative estimate of drug-likeness (QED) is 0.633. The van der Waals surface area contributed by atoms with Crippen LogP contribution in [-0.2, 0) is 0 Å². The summed E-state index contributed by atoms with van der Waals surface area (Å²) in [6.45, 7) is 3.72. The molecule has 1 aromatic carbocycles. The average molecular weight is 190 g/mol. The van der Waals surface area contributed by atoms with Gasteiger partial charge in [0.05, 0.1) is 0 Å². The van der Waals surface area contributed by atoms with Gasteiger partial charge in [-0.05, 0) is 6.07 Å². The Morgan fingerprint density at radius 2 is 2.23 bits per heavy atom. The predicted octanol–water partition coefficient (Wildman–Crippen LogP) is 2.92. The molecule has 0 N–H and O–H groups in total. The summed E-state index contributed by atoms with van der Waals surface area (Å²) < 4.78 is 0. The van der Waals surface area contributed by atoms with Crippen molar-refractivity contribution in [2.45, 2.75) is 16.6 Å². The first-order valence-corrected chi connectivity index (χ1v) is 5.10. The third-order valence-corrected chi connectivity index (χ3v) is 3.39. The minimum atomic E-state index is 0.235. The number of hydrogen-bond donors (Lipinski definition) is 0. The highest BCUT2D eigenvalue weighted by Crippen LogP contribution is 2.35. The van der Waals surface area contributed by atoms with E-state index in [1.807, 2.05) is 30.3 Å². The molecule has 1 nitrogen and oxygen atoms in total. The number of thioether (sulfide) groups is 1. The molecular weight excluding hydrogens is 180 g/mol. The van der Waals surface area contributed by atoms with Gasteiger partial charge >= 0.3 is 0 Å². The first-order chi connectivity index (χ1) is 6.31. The van der Waals surface area contributed by atoms with E-state index in [2.05, 4.69) is 6.58 Å². The second-order valence-electron chi connectivity index (χ2n) is 3.02. The predicted molar refractivity (Wildman–Crippen MR) is 55.2 cm³/mol. The highest BCUT2D eigenvalue weighted by molar-refractivity contribution is 8.00. The van der Waals surface area contributed by atoms with Crippen LogP contribution in [0.4, 0.5) is 0 Å². The molecule has 1 aliphatic rings. The molecule has 0 fully saturated rings. The van der Waals surface area contributed by atoms with Crippen LogP contribution in [0.3, 0.4) is 0 Å².